The fourth-order valence-corrected chi connectivity index (χ4v) is 4.81. The highest BCUT2D eigenvalue weighted by Gasteiger charge is 2.24. The molecule has 0 unspecified atom stereocenters. The van der Waals surface area contributed by atoms with Crippen LogP contribution in [0.4, 0.5) is 5.69 Å². The number of nitrogens with one attached hydrogen (secondary N) is 1. The number of aliphatic imine (C=N–C) groups is 1. The average molecular weight is 515 g/mol. The summed E-state index contributed by atoms with van der Waals surface area (Å²) in [6.07, 6.45) is 1.82. The van der Waals surface area contributed by atoms with Gasteiger partial charge in [0.1, 0.15) is 6.61 Å². The molecule has 1 aliphatic heterocycles. The minimum atomic E-state index is -0.193. The number of benzene rings is 4. The second-order valence-electron chi connectivity index (χ2n) is 8.02. The number of hydrogen-bond acceptors (Lipinski definition) is 5. The van der Waals surface area contributed by atoms with Crippen molar-refractivity contribution in [2.75, 3.05) is 6.61 Å². The third-order valence-electron chi connectivity index (χ3n) is 5.54. The number of hydrogen-bond donors (Lipinski definition) is 1. The van der Waals surface area contributed by atoms with Crippen LogP contribution in [-0.2, 0) is 11.4 Å². The van der Waals surface area contributed by atoms with E-state index in [4.69, 9.17) is 21.1 Å². The first-order valence-electron chi connectivity index (χ1n) is 11.5. The van der Waals surface area contributed by atoms with E-state index in [1.54, 1.807) is 24.3 Å². The van der Waals surface area contributed by atoms with Crippen LogP contribution in [0.3, 0.4) is 0 Å². The predicted octanol–water partition coefficient (Wildman–Crippen LogP) is 7.36. The Morgan fingerprint density at radius 3 is 2.58 bits per heavy atom. The van der Waals surface area contributed by atoms with Gasteiger partial charge in [-0.3, -0.25) is 4.79 Å². The van der Waals surface area contributed by atoms with Gasteiger partial charge in [-0.05, 0) is 83.1 Å². The topological polar surface area (TPSA) is 59.9 Å². The molecule has 0 aromatic heterocycles. The van der Waals surface area contributed by atoms with Crippen molar-refractivity contribution in [2.24, 2.45) is 4.99 Å². The smallest absolute Gasteiger partial charge is 0.264 e. The maximum Gasteiger partial charge on any atom is 0.264 e. The standard InChI is InChI=1S/C29H23ClN2O3S/c1-2-34-26-16-19(17-27-28(33)32-29(36-27)31-23-13-11-22(30)12-14-23)10-15-25(26)35-18-21-8-5-7-20-6-3-4-9-24(20)21/h3-17H,2,18H2,1H3,(H,31,32,33)/b27-17-. The summed E-state index contributed by atoms with van der Waals surface area (Å²) in [6, 6.07) is 27.3. The summed E-state index contributed by atoms with van der Waals surface area (Å²) < 4.78 is 12.0. The first-order chi connectivity index (χ1) is 17.6. The summed E-state index contributed by atoms with van der Waals surface area (Å²) in [4.78, 5) is 17.6. The molecular weight excluding hydrogens is 492 g/mol. The van der Waals surface area contributed by atoms with Crippen molar-refractivity contribution in [3.63, 3.8) is 0 Å². The fourth-order valence-electron chi connectivity index (χ4n) is 3.84. The number of rotatable bonds is 7. The molecule has 0 aliphatic carbocycles. The molecule has 5 rings (SSSR count). The summed E-state index contributed by atoms with van der Waals surface area (Å²) in [5.74, 6) is 1.09. The highest BCUT2D eigenvalue weighted by molar-refractivity contribution is 8.18. The Morgan fingerprint density at radius 1 is 0.944 bits per heavy atom. The molecule has 7 heteroatoms. The number of ether oxygens (including phenoxy) is 2. The molecule has 36 heavy (non-hydrogen) atoms. The van der Waals surface area contributed by atoms with Crippen LogP contribution in [0.2, 0.25) is 5.02 Å². The molecule has 180 valence electrons. The molecule has 0 spiro atoms. The van der Waals surface area contributed by atoms with E-state index < -0.39 is 0 Å². The lowest BCUT2D eigenvalue weighted by atomic mass is 10.1. The normalized spacial score (nSPS) is 15.4. The molecule has 1 heterocycles. The lowest BCUT2D eigenvalue weighted by molar-refractivity contribution is -0.115. The van der Waals surface area contributed by atoms with Gasteiger partial charge in [0, 0.05) is 5.02 Å². The average Bonchev–Trinajstić information content (AvgIpc) is 3.23. The number of carbonyl (C=O) groups is 1. The van der Waals surface area contributed by atoms with E-state index in [2.05, 4.69) is 34.6 Å². The minimum Gasteiger partial charge on any atom is -0.490 e. The van der Waals surface area contributed by atoms with Crippen molar-refractivity contribution in [2.45, 2.75) is 13.5 Å². The Kier molecular flexibility index (Phi) is 7.26. The van der Waals surface area contributed by atoms with E-state index in [1.165, 1.54) is 22.5 Å². The Balaban J connectivity index is 1.34. The van der Waals surface area contributed by atoms with Gasteiger partial charge in [0.05, 0.1) is 17.2 Å². The highest BCUT2D eigenvalue weighted by atomic mass is 35.5. The van der Waals surface area contributed by atoms with Crippen LogP contribution < -0.4 is 14.8 Å². The van der Waals surface area contributed by atoms with Crippen LogP contribution in [0.1, 0.15) is 18.1 Å². The number of thioether (sulfide) groups is 1. The molecule has 1 N–H and O–H groups in total. The second-order valence-corrected chi connectivity index (χ2v) is 9.49. The van der Waals surface area contributed by atoms with Crippen molar-refractivity contribution in [3.05, 3.63) is 106 Å². The lowest BCUT2D eigenvalue weighted by Crippen LogP contribution is -2.19. The van der Waals surface area contributed by atoms with Crippen molar-refractivity contribution in [3.8, 4) is 11.5 Å². The molecule has 1 saturated heterocycles. The minimum absolute atomic E-state index is 0.193. The Labute approximate surface area is 218 Å². The quantitative estimate of drug-likeness (QED) is 0.262. The van der Waals surface area contributed by atoms with Crippen LogP contribution in [0.25, 0.3) is 16.8 Å². The van der Waals surface area contributed by atoms with Gasteiger partial charge in [0.25, 0.3) is 5.91 Å². The zero-order valence-electron chi connectivity index (χ0n) is 19.5. The van der Waals surface area contributed by atoms with Gasteiger partial charge in [-0.1, -0.05) is 60.1 Å². The van der Waals surface area contributed by atoms with Gasteiger partial charge in [0.15, 0.2) is 16.7 Å². The van der Waals surface area contributed by atoms with Crippen LogP contribution in [0.15, 0.2) is 94.8 Å². The van der Waals surface area contributed by atoms with Crippen LogP contribution in [0.5, 0.6) is 11.5 Å². The molecule has 4 aromatic rings. The Bertz CT molecular complexity index is 1480. The molecule has 1 fully saturated rings. The van der Waals surface area contributed by atoms with Gasteiger partial charge in [-0.2, -0.15) is 0 Å². The first-order valence-corrected chi connectivity index (χ1v) is 12.7. The Morgan fingerprint density at radius 2 is 1.75 bits per heavy atom. The van der Waals surface area contributed by atoms with Gasteiger partial charge in [-0.15, -0.1) is 0 Å². The monoisotopic (exact) mass is 514 g/mol. The van der Waals surface area contributed by atoms with Crippen molar-refractivity contribution in [1.82, 2.24) is 5.32 Å². The number of amidine groups is 1. The van der Waals surface area contributed by atoms with Gasteiger partial charge < -0.3 is 14.8 Å². The zero-order valence-corrected chi connectivity index (χ0v) is 21.1. The fraction of sp³-hybridized carbons (Fsp3) is 0.103. The largest absolute Gasteiger partial charge is 0.490 e. The molecule has 0 bridgehead atoms. The third-order valence-corrected chi connectivity index (χ3v) is 6.70. The number of halogens is 1. The summed E-state index contributed by atoms with van der Waals surface area (Å²) in [5, 5.41) is 6.31. The van der Waals surface area contributed by atoms with E-state index in [0.29, 0.717) is 39.8 Å². The first kappa shape index (κ1) is 24.0. The van der Waals surface area contributed by atoms with E-state index in [-0.39, 0.29) is 5.91 Å². The molecule has 0 atom stereocenters. The van der Waals surface area contributed by atoms with Crippen molar-refractivity contribution < 1.29 is 14.3 Å². The number of carbonyl (C=O) groups excluding carboxylic acids is 1. The molecule has 0 saturated carbocycles. The molecule has 1 aliphatic rings. The molecule has 0 radical (unpaired) electrons. The highest BCUT2D eigenvalue weighted by Crippen LogP contribution is 2.33. The van der Waals surface area contributed by atoms with E-state index >= 15 is 0 Å². The van der Waals surface area contributed by atoms with Gasteiger partial charge in [0.2, 0.25) is 0 Å². The van der Waals surface area contributed by atoms with Crippen LogP contribution in [0, 0.1) is 0 Å². The SMILES string of the molecule is CCOc1cc(/C=C2\SC(=Nc3ccc(Cl)cc3)NC2=O)ccc1OCc1cccc2ccccc12. The van der Waals surface area contributed by atoms with E-state index in [1.807, 2.05) is 49.4 Å². The molecule has 5 nitrogen and oxygen atoms in total. The summed E-state index contributed by atoms with van der Waals surface area (Å²) in [6.45, 7) is 2.85. The maximum absolute atomic E-state index is 12.5. The van der Waals surface area contributed by atoms with E-state index in [9.17, 15) is 4.79 Å². The second kappa shape index (κ2) is 10.9. The predicted molar refractivity (Wildman–Crippen MR) is 148 cm³/mol. The summed E-state index contributed by atoms with van der Waals surface area (Å²) in [5.41, 5.74) is 2.66. The zero-order chi connectivity index (χ0) is 24.9. The van der Waals surface area contributed by atoms with Gasteiger partial charge in [-0.25, -0.2) is 4.99 Å². The third kappa shape index (κ3) is 5.56. The summed E-state index contributed by atoms with van der Waals surface area (Å²) >= 11 is 7.22. The molecular formula is C29H23ClN2O3S. The van der Waals surface area contributed by atoms with Crippen molar-refractivity contribution >= 4 is 57.0 Å². The van der Waals surface area contributed by atoms with Gasteiger partial charge >= 0.3 is 0 Å². The Hall–Kier alpha value is -3.74. The van der Waals surface area contributed by atoms with E-state index in [0.717, 1.165) is 16.8 Å². The number of nitrogens with zero attached hydrogens (tertiary/aromatic N) is 1. The maximum atomic E-state index is 12.5. The number of fused-ring (bicyclic) bond motifs is 1. The van der Waals surface area contributed by atoms with Crippen LogP contribution >= 0.6 is 23.4 Å². The summed E-state index contributed by atoms with van der Waals surface area (Å²) in [7, 11) is 0. The number of amides is 1. The van der Waals surface area contributed by atoms with Crippen molar-refractivity contribution in [1.29, 1.82) is 0 Å². The molecule has 1 amide bonds. The molecule has 4 aromatic carbocycles. The van der Waals surface area contributed by atoms with Crippen LogP contribution in [-0.4, -0.2) is 17.7 Å². The lowest BCUT2D eigenvalue weighted by Gasteiger charge is -2.14.